The van der Waals surface area contributed by atoms with Crippen LogP contribution < -0.4 is 5.32 Å². The number of benzene rings is 1. The maximum absolute atomic E-state index is 11.0. The first kappa shape index (κ1) is 7.31. The Morgan fingerprint density at radius 3 is 3.00 bits per heavy atom. The summed E-state index contributed by atoms with van der Waals surface area (Å²) in [6, 6.07) is 7.39. The average molecular weight is 163 g/mol. The molecule has 3 nitrogen and oxygen atoms in total. The zero-order valence-electron chi connectivity index (χ0n) is 6.45. The molecule has 1 amide bonds. The molecule has 0 spiro atoms. The number of fused-ring (bicyclic) bond motifs is 1. The summed E-state index contributed by atoms with van der Waals surface area (Å²) in [5, 5.41) is 11.9. The van der Waals surface area contributed by atoms with E-state index in [1.54, 1.807) is 0 Å². The maximum Gasteiger partial charge on any atom is 0.226 e. The van der Waals surface area contributed by atoms with E-state index in [1.165, 1.54) is 0 Å². The largest absolute Gasteiger partial charge is 0.369 e. The van der Waals surface area contributed by atoms with E-state index in [1.807, 2.05) is 24.3 Å². The average Bonchev–Trinajstić information content (AvgIpc) is 2.04. The summed E-state index contributed by atoms with van der Waals surface area (Å²) >= 11 is 0. The van der Waals surface area contributed by atoms with E-state index in [-0.39, 0.29) is 5.91 Å². The Hall–Kier alpha value is -1.35. The summed E-state index contributed by atoms with van der Waals surface area (Å²) in [6.45, 7) is 0. The second kappa shape index (κ2) is 2.60. The summed E-state index contributed by atoms with van der Waals surface area (Å²) in [6.07, 6.45) is -0.463. The minimum Gasteiger partial charge on any atom is -0.369 e. The van der Waals surface area contributed by atoms with Gasteiger partial charge in [0.2, 0.25) is 5.91 Å². The number of hydrogen-bond acceptors (Lipinski definition) is 2. The van der Waals surface area contributed by atoms with E-state index >= 15 is 0 Å². The molecule has 12 heavy (non-hydrogen) atoms. The van der Waals surface area contributed by atoms with Crippen molar-refractivity contribution in [1.82, 2.24) is 5.32 Å². The molecule has 1 aromatic carbocycles. The Morgan fingerprint density at radius 1 is 1.42 bits per heavy atom. The molecule has 1 atom stereocenters. The molecule has 1 aromatic rings. The van der Waals surface area contributed by atoms with E-state index in [2.05, 4.69) is 5.32 Å². The van der Waals surface area contributed by atoms with Crippen molar-refractivity contribution >= 4 is 5.91 Å². The van der Waals surface area contributed by atoms with Crippen LogP contribution >= 0.6 is 0 Å². The van der Waals surface area contributed by atoms with E-state index in [0.717, 1.165) is 11.1 Å². The number of amides is 1. The normalized spacial score (nSPS) is 21.4. The molecular formula is C9H9NO2. The Morgan fingerprint density at radius 2 is 2.17 bits per heavy atom. The first-order chi connectivity index (χ1) is 5.77. The van der Waals surface area contributed by atoms with Crippen LogP contribution in [0.2, 0.25) is 0 Å². The predicted molar refractivity (Wildman–Crippen MR) is 43.2 cm³/mol. The molecule has 0 saturated carbocycles. The van der Waals surface area contributed by atoms with Gasteiger partial charge in [-0.05, 0) is 5.56 Å². The highest BCUT2D eigenvalue weighted by molar-refractivity contribution is 5.81. The Balaban J connectivity index is 2.47. The fourth-order valence-electron chi connectivity index (χ4n) is 1.42. The van der Waals surface area contributed by atoms with E-state index < -0.39 is 6.23 Å². The molecule has 0 aromatic heterocycles. The van der Waals surface area contributed by atoms with Gasteiger partial charge in [0.15, 0.2) is 6.23 Å². The lowest BCUT2D eigenvalue weighted by Crippen LogP contribution is -2.34. The molecule has 1 aliphatic heterocycles. The molecule has 62 valence electrons. The molecule has 1 aliphatic rings. The predicted octanol–water partition coefficient (Wildman–Crippen LogP) is 0.350. The zero-order valence-corrected chi connectivity index (χ0v) is 6.45. The highest BCUT2D eigenvalue weighted by atomic mass is 16.3. The molecule has 0 aliphatic carbocycles. The number of hydrogen-bond donors (Lipinski definition) is 2. The van der Waals surface area contributed by atoms with Crippen molar-refractivity contribution in [1.29, 1.82) is 0 Å². The molecule has 1 heterocycles. The SMILES string of the molecule is O=C1Cc2ccccc2C(O)N1. The van der Waals surface area contributed by atoms with Gasteiger partial charge in [-0.25, -0.2) is 0 Å². The third-order valence-corrected chi connectivity index (χ3v) is 2.00. The van der Waals surface area contributed by atoms with E-state index in [0.29, 0.717) is 6.42 Å². The van der Waals surface area contributed by atoms with Gasteiger partial charge in [-0.3, -0.25) is 4.79 Å². The molecule has 2 rings (SSSR count). The van der Waals surface area contributed by atoms with Crippen molar-refractivity contribution in [3.63, 3.8) is 0 Å². The smallest absolute Gasteiger partial charge is 0.226 e. The number of carbonyl (C=O) groups excluding carboxylic acids is 1. The highest BCUT2D eigenvalue weighted by Gasteiger charge is 2.20. The number of carbonyl (C=O) groups is 1. The van der Waals surface area contributed by atoms with Crippen LogP contribution in [0.3, 0.4) is 0 Å². The first-order valence-electron chi connectivity index (χ1n) is 3.82. The Kier molecular flexibility index (Phi) is 1.59. The Labute approximate surface area is 70.0 Å². The molecule has 2 N–H and O–H groups in total. The van der Waals surface area contributed by atoms with Crippen LogP contribution in [0.1, 0.15) is 17.4 Å². The molecule has 1 unspecified atom stereocenters. The highest BCUT2D eigenvalue weighted by Crippen LogP contribution is 2.20. The lowest BCUT2D eigenvalue weighted by molar-refractivity contribution is -0.124. The molecule has 0 fully saturated rings. The van der Waals surface area contributed by atoms with Crippen molar-refractivity contribution in [2.75, 3.05) is 0 Å². The first-order valence-corrected chi connectivity index (χ1v) is 3.82. The number of aliphatic hydroxyl groups excluding tert-OH is 1. The van der Waals surface area contributed by atoms with Crippen LogP contribution in [-0.4, -0.2) is 11.0 Å². The second-order valence-electron chi connectivity index (χ2n) is 2.85. The molecule has 0 saturated heterocycles. The van der Waals surface area contributed by atoms with Crippen molar-refractivity contribution in [3.05, 3.63) is 35.4 Å². The van der Waals surface area contributed by atoms with Gasteiger partial charge in [0.1, 0.15) is 0 Å². The van der Waals surface area contributed by atoms with Crippen LogP contribution in [0.4, 0.5) is 0 Å². The monoisotopic (exact) mass is 163 g/mol. The second-order valence-corrected chi connectivity index (χ2v) is 2.85. The van der Waals surface area contributed by atoms with E-state index in [9.17, 15) is 9.90 Å². The van der Waals surface area contributed by atoms with Crippen molar-refractivity contribution in [2.24, 2.45) is 0 Å². The van der Waals surface area contributed by atoms with Gasteiger partial charge in [0.05, 0.1) is 6.42 Å². The van der Waals surface area contributed by atoms with Crippen molar-refractivity contribution in [3.8, 4) is 0 Å². The van der Waals surface area contributed by atoms with Crippen LogP contribution in [0.25, 0.3) is 0 Å². The summed E-state index contributed by atoms with van der Waals surface area (Å²) in [4.78, 5) is 11.0. The van der Waals surface area contributed by atoms with Gasteiger partial charge in [-0.1, -0.05) is 24.3 Å². The minimum atomic E-state index is -0.831. The van der Waals surface area contributed by atoms with Crippen molar-refractivity contribution in [2.45, 2.75) is 12.6 Å². The molecule has 3 heteroatoms. The van der Waals surface area contributed by atoms with Crippen LogP contribution in [0.15, 0.2) is 24.3 Å². The summed E-state index contributed by atoms with van der Waals surface area (Å²) in [7, 11) is 0. The van der Waals surface area contributed by atoms with Gasteiger partial charge in [-0.15, -0.1) is 0 Å². The van der Waals surface area contributed by atoms with E-state index in [4.69, 9.17) is 0 Å². The van der Waals surface area contributed by atoms with Crippen LogP contribution in [-0.2, 0) is 11.2 Å². The topological polar surface area (TPSA) is 49.3 Å². The van der Waals surface area contributed by atoms with Gasteiger partial charge in [0.25, 0.3) is 0 Å². The summed E-state index contributed by atoms with van der Waals surface area (Å²) in [5.41, 5.74) is 1.71. The van der Waals surface area contributed by atoms with Gasteiger partial charge >= 0.3 is 0 Å². The quantitative estimate of drug-likeness (QED) is 0.579. The number of aliphatic hydroxyl groups is 1. The zero-order chi connectivity index (χ0) is 8.55. The lowest BCUT2D eigenvalue weighted by Gasteiger charge is -2.21. The van der Waals surface area contributed by atoms with Crippen molar-refractivity contribution < 1.29 is 9.90 Å². The lowest BCUT2D eigenvalue weighted by atomic mass is 9.99. The number of rotatable bonds is 0. The van der Waals surface area contributed by atoms with Crippen LogP contribution in [0, 0.1) is 0 Å². The summed E-state index contributed by atoms with van der Waals surface area (Å²) < 4.78 is 0. The molecule has 0 bridgehead atoms. The van der Waals surface area contributed by atoms with Gasteiger partial charge in [-0.2, -0.15) is 0 Å². The fourth-order valence-corrected chi connectivity index (χ4v) is 1.42. The standard InChI is InChI=1S/C9H9NO2/c11-8-5-6-3-1-2-4-7(6)9(12)10-8/h1-4,9,12H,5H2,(H,10,11). The number of nitrogens with one attached hydrogen (secondary N) is 1. The Bertz CT molecular complexity index is 322. The minimum absolute atomic E-state index is 0.124. The third-order valence-electron chi connectivity index (χ3n) is 2.00. The van der Waals surface area contributed by atoms with Gasteiger partial charge < -0.3 is 10.4 Å². The third kappa shape index (κ3) is 1.08. The molecule has 0 radical (unpaired) electrons. The van der Waals surface area contributed by atoms with Crippen LogP contribution in [0.5, 0.6) is 0 Å². The van der Waals surface area contributed by atoms with Gasteiger partial charge in [0, 0.05) is 5.56 Å². The maximum atomic E-state index is 11.0. The molecular weight excluding hydrogens is 154 g/mol. The fraction of sp³-hybridized carbons (Fsp3) is 0.222. The summed E-state index contributed by atoms with van der Waals surface area (Å²) in [5.74, 6) is -0.124.